The van der Waals surface area contributed by atoms with Crippen molar-refractivity contribution in [2.24, 2.45) is 5.92 Å². The fourth-order valence-electron chi connectivity index (χ4n) is 5.52. The van der Waals surface area contributed by atoms with Crippen LogP contribution < -0.4 is 20.7 Å². The van der Waals surface area contributed by atoms with E-state index in [4.69, 9.17) is 4.74 Å². The van der Waals surface area contributed by atoms with Crippen LogP contribution in [0.2, 0.25) is 0 Å². The SMILES string of the molecule is CCCCCC1COc2cc(C[P+](c3ccccc3)(c3ccccc3)c3ccccc3)c(F)cc2C1. The number of benzene rings is 4. The Morgan fingerprint density at radius 3 is 1.86 bits per heavy atom. The Labute approximate surface area is 215 Å². The van der Waals surface area contributed by atoms with Gasteiger partial charge < -0.3 is 4.74 Å². The van der Waals surface area contributed by atoms with Crippen LogP contribution in [0.1, 0.15) is 43.7 Å². The summed E-state index contributed by atoms with van der Waals surface area (Å²) >= 11 is 0. The molecule has 1 aliphatic rings. The van der Waals surface area contributed by atoms with Crippen molar-refractivity contribution >= 4 is 23.2 Å². The van der Waals surface area contributed by atoms with Gasteiger partial charge in [0.1, 0.15) is 40.9 Å². The van der Waals surface area contributed by atoms with Gasteiger partial charge in [-0.05, 0) is 72.9 Å². The van der Waals surface area contributed by atoms with E-state index in [-0.39, 0.29) is 5.82 Å². The van der Waals surface area contributed by atoms with Crippen molar-refractivity contribution in [2.75, 3.05) is 6.61 Å². The van der Waals surface area contributed by atoms with Crippen LogP contribution in [0.25, 0.3) is 0 Å². The standard InChI is InChI=1S/C33H35FOP/c1-2-3-7-14-26-21-27-22-32(34)28(23-33(27)35-24-26)25-36(29-15-8-4-9-16-29,30-17-10-5-11-18-30)31-19-12-6-13-20-31/h4-6,8-13,15-20,22-23,26H,2-3,7,14,21,24-25H2,1H3/q+1. The number of fused-ring (bicyclic) bond motifs is 1. The number of hydrogen-bond donors (Lipinski definition) is 0. The lowest BCUT2D eigenvalue weighted by atomic mass is 9.91. The van der Waals surface area contributed by atoms with E-state index in [1.54, 1.807) is 6.07 Å². The average molecular weight is 498 g/mol. The topological polar surface area (TPSA) is 9.23 Å². The van der Waals surface area contributed by atoms with Gasteiger partial charge in [-0.2, -0.15) is 0 Å². The van der Waals surface area contributed by atoms with Crippen molar-refractivity contribution in [3.05, 3.63) is 120 Å². The molecule has 1 heterocycles. The summed E-state index contributed by atoms with van der Waals surface area (Å²) < 4.78 is 22.1. The summed E-state index contributed by atoms with van der Waals surface area (Å²) in [5.74, 6) is 1.24. The molecule has 5 rings (SSSR count). The maximum Gasteiger partial charge on any atom is 0.130 e. The van der Waals surface area contributed by atoms with Crippen LogP contribution in [0.3, 0.4) is 0 Å². The smallest absolute Gasteiger partial charge is 0.130 e. The minimum absolute atomic E-state index is 0.112. The van der Waals surface area contributed by atoms with Gasteiger partial charge in [0.05, 0.1) is 6.61 Å². The molecular weight excluding hydrogens is 462 g/mol. The van der Waals surface area contributed by atoms with Gasteiger partial charge in [0.15, 0.2) is 0 Å². The third kappa shape index (κ3) is 5.11. The zero-order valence-corrected chi connectivity index (χ0v) is 22.0. The number of hydrogen-bond acceptors (Lipinski definition) is 1. The quantitative estimate of drug-likeness (QED) is 0.172. The van der Waals surface area contributed by atoms with Crippen molar-refractivity contribution in [2.45, 2.75) is 45.2 Å². The molecule has 1 aliphatic heterocycles. The largest absolute Gasteiger partial charge is 0.493 e. The van der Waals surface area contributed by atoms with Gasteiger partial charge in [-0.25, -0.2) is 4.39 Å². The van der Waals surface area contributed by atoms with Gasteiger partial charge in [-0.1, -0.05) is 80.8 Å². The minimum atomic E-state index is -2.16. The van der Waals surface area contributed by atoms with Crippen LogP contribution in [0, 0.1) is 11.7 Å². The van der Waals surface area contributed by atoms with Gasteiger partial charge in [-0.15, -0.1) is 0 Å². The summed E-state index contributed by atoms with van der Waals surface area (Å²) in [5.41, 5.74) is 1.76. The summed E-state index contributed by atoms with van der Waals surface area (Å²) in [6.07, 6.45) is 6.37. The zero-order chi connectivity index (χ0) is 24.8. The molecule has 0 saturated carbocycles. The van der Waals surface area contributed by atoms with E-state index >= 15 is 4.39 Å². The molecule has 184 valence electrons. The lowest BCUT2D eigenvalue weighted by molar-refractivity contribution is 0.210. The molecule has 36 heavy (non-hydrogen) atoms. The number of halogens is 1. The van der Waals surface area contributed by atoms with E-state index in [1.807, 2.05) is 6.07 Å². The molecule has 0 amide bonds. The van der Waals surface area contributed by atoms with Crippen LogP contribution in [0.5, 0.6) is 5.75 Å². The van der Waals surface area contributed by atoms with E-state index in [0.717, 1.165) is 36.3 Å². The molecule has 3 heteroatoms. The fraction of sp³-hybridized carbons (Fsp3) is 0.273. The monoisotopic (exact) mass is 497 g/mol. The molecule has 0 saturated heterocycles. The van der Waals surface area contributed by atoms with E-state index < -0.39 is 7.26 Å². The second-order valence-corrected chi connectivity index (χ2v) is 13.4. The van der Waals surface area contributed by atoms with Crippen molar-refractivity contribution in [1.82, 2.24) is 0 Å². The van der Waals surface area contributed by atoms with Crippen LogP contribution in [0.4, 0.5) is 4.39 Å². The molecule has 0 fully saturated rings. The second-order valence-electron chi connectivity index (χ2n) is 9.90. The molecule has 0 aliphatic carbocycles. The molecule has 0 spiro atoms. The highest BCUT2D eigenvalue weighted by Crippen LogP contribution is 2.58. The average Bonchev–Trinajstić information content (AvgIpc) is 2.93. The van der Waals surface area contributed by atoms with E-state index in [1.165, 1.54) is 35.2 Å². The van der Waals surface area contributed by atoms with Gasteiger partial charge in [0.25, 0.3) is 0 Å². The summed E-state index contributed by atoms with van der Waals surface area (Å²) in [6.45, 7) is 2.96. The first kappa shape index (κ1) is 24.7. The van der Waals surface area contributed by atoms with Crippen molar-refractivity contribution in [3.63, 3.8) is 0 Å². The predicted octanol–water partition coefficient (Wildman–Crippen LogP) is 7.45. The maximum absolute atomic E-state index is 15.9. The Morgan fingerprint density at radius 1 is 0.778 bits per heavy atom. The van der Waals surface area contributed by atoms with Gasteiger partial charge in [-0.3, -0.25) is 0 Å². The maximum atomic E-state index is 15.9. The Balaban J connectivity index is 1.57. The number of ether oxygens (including phenoxy) is 1. The first-order valence-corrected chi connectivity index (χ1v) is 15.2. The third-order valence-corrected chi connectivity index (χ3v) is 11.8. The highest BCUT2D eigenvalue weighted by molar-refractivity contribution is 7.95. The normalized spacial score (nSPS) is 15.2. The van der Waals surface area contributed by atoms with Crippen LogP contribution >= 0.6 is 7.26 Å². The molecule has 0 radical (unpaired) electrons. The molecule has 4 aromatic carbocycles. The predicted molar refractivity (Wildman–Crippen MR) is 152 cm³/mol. The lowest BCUT2D eigenvalue weighted by Gasteiger charge is -2.29. The highest BCUT2D eigenvalue weighted by Gasteiger charge is 2.46. The van der Waals surface area contributed by atoms with Crippen LogP contribution in [0.15, 0.2) is 103 Å². The van der Waals surface area contributed by atoms with Gasteiger partial charge >= 0.3 is 0 Å². The highest BCUT2D eigenvalue weighted by atomic mass is 31.2. The van der Waals surface area contributed by atoms with E-state index in [2.05, 4.69) is 97.9 Å². The van der Waals surface area contributed by atoms with Crippen molar-refractivity contribution < 1.29 is 9.13 Å². The molecule has 4 aromatic rings. The Kier molecular flexibility index (Phi) is 7.83. The second kappa shape index (κ2) is 11.4. The zero-order valence-electron chi connectivity index (χ0n) is 21.1. The lowest BCUT2D eigenvalue weighted by Crippen LogP contribution is -2.32. The van der Waals surface area contributed by atoms with Crippen LogP contribution in [-0.4, -0.2) is 6.61 Å². The van der Waals surface area contributed by atoms with Crippen molar-refractivity contribution in [1.29, 1.82) is 0 Å². The number of unbranched alkanes of at least 4 members (excludes halogenated alkanes) is 2. The van der Waals surface area contributed by atoms with Crippen LogP contribution in [-0.2, 0) is 12.6 Å². The van der Waals surface area contributed by atoms with Crippen molar-refractivity contribution in [3.8, 4) is 5.75 Å². The first-order chi connectivity index (χ1) is 17.7. The molecule has 0 aromatic heterocycles. The summed E-state index contributed by atoms with van der Waals surface area (Å²) in [7, 11) is -2.16. The fourth-order valence-corrected chi connectivity index (χ4v) is 9.76. The molecule has 0 bridgehead atoms. The van der Waals surface area contributed by atoms with E-state index in [0.29, 0.717) is 12.1 Å². The molecular formula is C33H35FOP+. The Hall–Kier alpha value is -2.96. The Morgan fingerprint density at radius 2 is 1.33 bits per heavy atom. The molecule has 1 nitrogen and oxygen atoms in total. The summed E-state index contributed by atoms with van der Waals surface area (Å²) in [4.78, 5) is 0. The Bertz CT molecular complexity index is 1160. The van der Waals surface area contributed by atoms with Gasteiger partial charge in [0, 0.05) is 5.56 Å². The molecule has 0 N–H and O–H groups in total. The van der Waals surface area contributed by atoms with E-state index in [9.17, 15) is 0 Å². The number of rotatable bonds is 9. The minimum Gasteiger partial charge on any atom is -0.493 e. The summed E-state index contributed by atoms with van der Waals surface area (Å²) in [5, 5.41) is 3.78. The summed E-state index contributed by atoms with van der Waals surface area (Å²) in [6, 6.07) is 35.8. The molecule has 1 unspecified atom stereocenters. The third-order valence-electron chi connectivity index (χ3n) is 7.43. The molecule has 1 atom stereocenters. The first-order valence-electron chi connectivity index (χ1n) is 13.2. The van der Waals surface area contributed by atoms with Gasteiger partial charge in [0.2, 0.25) is 0 Å².